The fourth-order valence-corrected chi connectivity index (χ4v) is 4.67. The Balaban J connectivity index is 1.63. The monoisotopic (exact) mass is 415 g/mol. The van der Waals surface area contributed by atoms with Crippen LogP contribution in [0.3, 0.4) is 0 Å². The first kappa shape index (κ1) is 21.8. The Bertz CT molecular complexity index is 763. The van der Waals surface area contributed by atoms with Crippen molar-refractivity contribution in [2.75, 3.05) is 53.9 Å². The Labute approximate surface area is 178 Å². The molecule has 2 aromatic rings. The summed E-state index contributed by atoms with van der Waals surface area (Å²) in [6.45, 7) is 5.50. The van der Waals surface area contributed by atoms with Gasteiger partial charge in [-0.2, -0.15) is 0 Å². The van der Waals surface area contributed by atoms with Crippen molar-refractivity contribution in [2.45, 2.75) is 19.4 Å². The van der Waals surface area contributed by atoms with E-state index in [2.05, 4.69) is 40.9 Å². The van der Waals surface area contributed by atoms with E-state index < -0.39 is 0 Å². The molecule has 0 saturated carbocycles. The molecule has 0 aliphatic carbocycles. The molecule has 1 atom stereocenters. The van der Waals surface area contributed by atoms with Crippen LogP contribution in [0.1, 0.15) is 28.1 Å². The zero-order chi connectivity index (χ0) is 20.6. The molecule has 1 aromatic heterocycles. The third-order valence-electron chi connectivity index (χ3n) is 5.50. The highest BCUT2D eigenvalue weighted by molar-refractivity contribution is 7.12. The van der Waals surface area contributed by atoms with Gasteiger partial charge in [0.25, 0.3) is 5.91 Å². The molecule has 0 N–H and O–H groups in total. The molecule has 1 fully saturated rings. The van der Waals surface area contributed by atoms with E-state index in [1.807, 2.05) is 29.6 Å². The Kier molecular flexibility index (Phi) is 8.09. The summed E-state index contributed by atoms with van der Waals surface area (Å²) in [5.74, 6) is 1.63. The second kappa shape index (κ2) is 10.8. The molecule has 29 heavy (non-hydrogen) atoms. The van der Waals surface area contributed by atoms with Crippen LogP contribution < -0.4 is 4.74 Å². The zero-order valence-electron chi connectivity index (χ0n) is 17.8. The number of piperidine rings is 1. The molecule has 0 bridgehead atoms. The first-order chi connectivity index (χ1) is 14.1. The predicted molar refractivity (Wildman–Crippen MR) is 120 cm³/mol. The first-order valence-corrected chi connectivity index (χ1v) is 11.3. The lowest BCUT2D eigenvalue weighted by Crippen LogP contribution is -2.44. The van der Waals surface area contributed by atoms with Gasteiger partial charge in [0.15, 0.2) is 0 Å². The van der Waals surface area contributed by atoms with E-state index in [9.17, 15) is 4.79 Å². The third kappa shape index (κ3) is 6.29. The maximum atomic E-state index is 13.0. The number of thiophene rings is 1. The van der Waals surface area contributed by atoms with Crippen molar-refractivity contribution in [3.63, 3.8) is 0 Å². The molecule has 2 heterocycles. The molecule has 1 saturated heterocycles. The standard InChI is InChI=1S/C23H33N3O2S/c1-24(2)13-14-26(23(27)22-11-7-15-29-22)17-19-8-6-12-25(16-19)18-20-9-4-5-10-21(20)28-3/h4-5,7,9-11,15,19H,6,8,12-14,16-18H2,1-3H3/t19-/m0/s1. The molecular weight excluding hydrogens is 382 g/mol. The Hall–Kier alpha value is -1.89. The van der Waals surface area contributed by atoms with Gasteiger partial charge >= 0.3 is 0 Å². The number of hydrogen-bond donors (Lipinski definition) is 0. The van der Waals surface area contributed by atoms with Crippen molar-refractivity contribution in [3.05, 3.63) is 52.2 Å². The van der Waals surface area contributed by atoms with Gasteiger partial charge in [-0.05, 0) is 56.9 Å². The molecule has 1 aromatic carbocycles. The number of carbonyl (C=O) groups excluding carboxylic acids is 1. The van der Waals surface area contributed by atoms with Crippen LogP contribution >= 0.6 is 11.3 Å². The number of methoxy groups -OCH3 is 1. The molecule has 0 unspecified atom stereocenters. The van der Waals surface area contributed by atoms with Crippen LogP contribution in [0.2, 0.25) is 0 Å². The topological polar surface area (TPSA) is 36.0 Å². The Morgan fingerprint density at radius 2 is 2.03 bits per heavy atom. The van der Waals surface area contributed by atoms with Crippen LogP contribution in [0.4, 0.5) is 0 Å². The number of hydrogen-bond acceptors (Lipinski definition) is 5. The average Bonchev–Trinajstić information content (AvgIpc) is 3.26. The summed E-state index contributed by atoms with van der Waals surface area (Å²) in [5, 5.41) is 1.98. The lowest BCUT2D eigenvalue weighted by Gasteiger charge is -2.36. The molecule has 3 rings (SSSR count). The summed E-state index contributed by atoms with van der Waals surface area (Å²) < 4.78 is 5.52. The number of nitrogens with zero attached hydrogens (tertiary/aromatic N) is 3. The highest BCUT2D eigenvalue weighted by atomic mass is 32.1. The first-order valence-electron chi connectivity index (χ1n) is 10.4. The van der Waals surface area contributed by atoms with Crippen molar-refractivity contribution >= 4 is 17.2 Å². The van der Waals surface area contributed by atoms with E-state index in [4.69, 9.17) is 4.74 Å². The summed E-state index contributed by atoms with van der Waals surface area (Å²) in [5.41, 5.74) is 1.23. The van der Waals surface area contributed by atoms with Crippen LogP contribution in [0, 0.1) is 5.92 Å². The zero-order valence-corrected chi connectivity index (χ0v) is 18.7. The van der Waals surface area contributed by atoms with Crippen molar-refractivity contribution in [2.24, 2.45) is 5.92 Å². The maximum absolute atomic E-state index is 13.0. The smallest absolute Gasteiger partial charge is 0.263 e. The number of para-hydroxylation sites is 1. The normalized spacial score (nSPS) is 17.4. The SMILES string of the molecule is COc1ccccc1CN1CCC[C@H](CN(CCN(C)C)C(=O)c2cccs2)C1. The second-order valence-electron chi connectivity index (χ2n) is 8.09. The minimum Gasteiger partial charge on any atom is -0.496 e. The second-order valence-corrected chi connectivity index (χ2v) is 9.03. The van der Waals surface area contributed by atoms with Crippen LogP contribution in [0.25, 0.3) is 0 Å². The molecule has 0 radical (unpaired) electrons. The summed E-state index contributed by atoms with van der Waals surface area (Å²) in [7, 11) is 5.85. The van der Waals surface area contributed by atoms with Gasteiger partial charge in [0.1, 0.15) is 5.75 Å². The van der Waals surface area contributed by atoms with Crippen molar-refractivity contribution < 1.29 is 9.53 Å². The minimum atomic E-state index is 0.170. The molecule has 1 aliphatic heterocycles. The van der Waals surface area contributed by atoms with Gasteiger partial charge in [0, 0.05) is 38.3 Å². The van der Waals surface area contributed by atoms with E-state index in [-0.39, 0.29) is 5.91 Å². The number of amides is 1. The fourth-order valence-electron chi connectivity index (χ4n) is 3.98. The van der Waals surface area contributed by atoms with Gasteiger partial charge < -0.3 is 14.5 Å². The number of ether oxygens (including phenoxy) is 1. The summed E-state index contributed by atoms with van der Waals surface area (Å²) >= 11 is 1.53. The van der Waals surface area contributed by atoms with E-state index >= 15 is 0 Å². The lowest BCUT2D eigenvalue weighted by molar-refractivity contribution is 0.0665. The average molecular weight is 416 g/mol. The fraction of sp³-hybridized carbons (Fsp3) is 0.522. The highest BCUT2D eigenvalue weighted by Crippen LogP contribution is 2.24. The van der Waals surface area contributed by atoms with Crippen LogP contribution in [0.5, 0.6) is 5.75 Å². The number of likely N-dealkylation sites (tertiary alicyclic amines) is 1. The molecular formula is C23H33N3O2S. The molecule has 1 aliphatic rings. The number of rotatable bonds is 9. The van der Waals surface area contributed by atoms with Gasteiger partial charge in [-0.25, -0.2) is 0 Å². The number of benzene rings is 1. The molecule has 6 heteroatoms. The van der Waals surface area contributed by atoms with Crippen LogP contribution in [-0.4, -0.2) is 74.5 Å². The Morgan fingerprint density at radius 1 is 1.21 bits per heavy atom. The summed E-state index contributed by atoms with van der Waals surface area (Å²) in [6, 6.07) is 12.1. The minimum absolute atomic E-state index is 0.170. The van der Waals surface area contributed by atoms with Gasteiger partial charge in [0.2, 0.25) is 0 Å². The lowest BCUT2D eigenvalue weighted by atomic mass is 9.96. The summed E-state index contributed by atoms with van der Waals surface area (Å²) in [4.78, 5) is 20.6. The molecule has 1 amide bonds. The van der Waals surface area contributed by atoms with Crippen LogP contribution in [-0.2, 0) is 6.54 Å². The van der Waals surface area contributed by atoms with Gasteiger partial charge in [0.05, 0.1) is 12.0 Å². The van der Waals surface area contributed by atoms with E-state index in [1.165, 1.54) is 29.7 Å². The summed E-state index contributed by atoms with van der Waals surface area (Å²) in [6.07, 6.45) is 2.35. The van der Waals surface area contributed by atoms with E-state index in [1.54, 1.807) is 7.11 Å². The van der Waals surface area contributed by atoms with Gasteiger partial charge in [-0.1, -0.05) is 24.3 Å². The largest absolute Gasteiger partial charge is 0.496 e. The molecule has 158 valence electrons. The van der Waals surface area contributed by atoms with E-state index in [0.29, 0.717) is 5.92 Å². The maximum Gasteiger partial charge on any atom is 0.263 e. The van der Waals surface area contributed by atoms with E-state index in [0.717, 1.165) is 49.9 Å². The van der Waals surface area contributed by atoms with Gasteiger partial charge in [-0.3, -0.25) is 9.69 Å². The number of carbonyl (C=O) groups is 1. The highest BCUT2D eigenvalue weighted by Gasteiger charge is 2.25. The van der Waals surface area contributed by atoms with Gasteiger partial charge in [-0.15, -0.1) is 11.3 Å². The molecule has 5 nitrogen and oxygen atoms in total. The van der Waals surface area contributed by atoms with Crippen molar-refractivity contribution in [3.8, 4) is 5.75 Å². The van der Waals surface area contributed by atoms with Crippen molar-refractivity contribution in [1.29, 1.82) is 0 Å². The number of likely N-dealkylation sites (N-methyl/N-ethyl adjacent to an activating group) is 1. The van der Waals surface area contributed by atoms with Crippen LogP contribution in [0.15, 0.2) is 41.8 Å². The quantitative estimate of drug-likeness (QED) is 0.626. The Morgan fingerprint density at radius 3 is 2.76 bits per heavy atom. The molecule has 0 spiro atoms. The third-order valence-corrected chi connectivity index (χ3v) is 6.36. The predicted octanol–water partition coefficient (Wildman–Crippen LogP) is 3.67. The van der Waals surface area contributed by atoms with Crippen molar-refractivity contribution in [1.82, 2.24) is 14.7 Å².